The number of hydrogen-bond acceptors (Lipinski definition) is 5. The van der Waals surface area contributed by atoms with Gasteiger partial charge in [-0.25, -0.2) is 9.97 Å². The highest BCUT2D eigenvalue weighted by Gasteiger charge is 2.35. The number of aromatic nitrogens is 3. The number of H-pyrrole nitrogens is 1. The second-order valence-corrected chi connectivity index (χ2v) is 8.12. The number of amides is 1. The van der Waals surface area contributed by atoms with E-state index in [1.165, 1.54) is 6.07 Å². The Morgan fingerprint density at radius 1 is 1.09 bits per heavy atom. The Kier molecular flexibility index (Phi) is 6.63. The summed E-state index contributed by atoms with van der Waals surface area (Å²) in [5.74, 6) is -1.15. The van der Waals surface area contributed by atoms with Crippen molar-refractivity contribution in [3.63, 3.8) is 0 Å². The molecule has 0 fully saturated rings. The average Bonchev–Trinajstić information content (AvgIpc) is 3.21. The maximum absolute atomic E-state index is 13.6. The highest BCUT2D eigenvalue weighted by Crippen LogP contribution is 2.37. The number of nitrogens with zero attached hydrogens (tertiary/aromatic N) is 2. The molecule has 3 aromatic rings. The summed E-state index contributed by atoms with van der Waals surface area (Å²) in [6, 6.07) is 3.91. The number of hydrogen-bond donors (Lipinski definition) is 2. The van der Waals surface area contributed by atoms with Crippen molar-refractivity contribution in [3.8, 4) is 22.1 Å². The van der Waals surface area contributed by atoms with Crippen LogP contribution in [-0.4, -0.2) is 20.9 Å². The molecule has 1 amide bonds. The molecule has 13 heteroatoms. The zero-order chi connectivity index (χ0) is 24.6. The number of carbonyl (C=O) groups excluding carboxylic acids is 1. The van der Waals surface area contributed by atoms with E-state index in [0.717, 1.165) is 23.6 Å². The van der Waals surface area contributed by atoms with Crippen LogP contribution >= 0.6 is 11.3 Å². The molecule has 6 nitrogen and oxygen atoms in total. The molecule has 0 atom stereocenters. The summed E-state index contributed by atoms with van der Waals surface area (Å²) in [5, 5.41) is 3.02. The number of nitrogens with one attached hydrogen (secondary N) is 2. The number of thiazole rings is 1. The molecule has 1 aromatic carbocycles. The Hall–Kier alpha value is -3.22. The van der Waals surface area contributed by atoms with Crippen LogP contribution in [0, 0.1) is 5.92 Å². The van der Waals surface area contributed by atoms with Crippen molar-refractivity contribution in [1.29, 1.82) is 0 Å². The molecule has 0 aliphatic carbocycles. The molecular weight excluding hydrogens is 474 g/mol. The van der Waals surface area contributed by atoms with Crippen molar-refractivity contribution in [1.82, 2.24) is 20.3 Å². The summed E-state index contributed by atoms with van der Waals surface area (Å²) in [4.78, 5) is 33.4. The van der Waals surface area contributed by atoms with Gasteiger partial charge in [0.1, 0.15) is 16.5 Å². The van der Waals surface area contributed by atoms with Crippen LogP contribution in [-0.2, 0) is 23.7 Å². The van der Waals surface area contributed by atoms with Crippen molar-refractivity contribution >= 4 is 17.2 Å². The fourth-order valence-electron chi connectivity index (χ4n) is 2.75. The predicted octanol–water partition coefficient (Wildman–Crippen LogP) is 4.87. The van der Waals surface area contributed by atoms with Gasteiger partial charge in [-0.3, -0.25) is 9.59 Å². The van der Waals surface area contributed by atoms with Crippen LogP contribution < -0.4 is 10.9 Å². The fourth-order valence-corrected chi connectivity index (χ4v) is 3.54. The van der Waals surface area contributed by atoms with Crippen molar-refractivity contribution < 1.29 is 31.1 Å². The van der Waals surface area contributed by atoms with Crippen molar-refractivity contribution in [2.45, 2.75) is 32.7 Å². The largest absolute Gasteiger partial charge is 0.434 e. The van der Waals surface area contributed by atoms with E-state index in [2.05, 4.69) is 20.3 Å². The molecule has 0 spiro atoms. The minimum Gasteiger partial charge on any atom is -0.352 e. The first-order valence-corrected chi connectivity index (χ1v) is 10.3. The third-order valence-electron chi connectivity index (χ3n) is 4.39. The highest BCUT2D eigenvalue weighted by atomic mass is 32.1. The topological polar surface area (TPSA) is 87.7 Å². The van der Waals surface area contributed by atoms with Gasteiger partial charge in [0.25, 0.3) is 5.56 Å². The van der Waals surface area contributed by atoms with Crippen molar-refractivity contribution in [3.05, 3.63) is 56.8 Å². The molecule has 0 bridgehead atoms. The number of rotatable bonds is 5. The maximum Gasteiger partial charge on any atom is 0.434 e. The van der Waals surface area contributed by atoms with E-state index in [1.54, 1.807) is 13.8 Å². The SMILES string of the molecule is CC(C)C(=O)NCc1ccc(C(F)(F)F)c(-c2nc(-c3nc(C(F)(F)F)cs3)cc(=O)[nH]2)c1. The zero-order valence-corrected chi connectivity index (χ0v) is 17.9. The third kappa shape index (κ3) is 5.78. The zero-order valence-electron chi connectivity index (χ0n) is 17.1. The number of aromatic amines is 1. The molecule has 0 aliphatic heterocycles. The molecule has 3 rings (SSSR count). The van der Waals surface area contributed by atoms with Crippen LogP contribution in [0.15, 0.2) is 34.4 Å². The van der Waals surface area contributed by atoms with E-state index in [-0.39, 0.29) is 29.1 Å². The molecule has 0 aliphatic rings. The highest BCUT2D eigenvalue weighted by molar-refractivity contribution is 7.13. The molecule has 176 valence electrons. The lowest BCUT2D eigenvalue weighted by Crippen LogP contribution is -2.27. The third-order valence-corrected chi connectivity index (χ3v) is 5.26. The molecule has 2 N–H and O–H groups in total. The number of benzene rings is 1. The summed E-state index contributed by atoms with van der Waals surface area (Å²) in [5.41, 5.74) is -3.69. The van der Waals surface area contributed by atoms with E-state index in [0.29, 0.717) is 16.9 Å². The minimum atomic E-state index is -4.81. The van der Waals surface area contributed by atoms with E-state index in [1.807, 2.05) is 0 Å². The van der Waals surface area contributed by atoms with E-state index in [4.69, 9.17) is 0 Å². The summed E-state index contributed by atoms with van der Waals surface area (Å²) >= 11 is 0.553. The summed E-state index contributed by atoms with van der Waals surface area (Å²) in [6.45, 7) is 3.22. The predicted molar refractivity (Wildman–Crippen MR) is 108 cm³/mol. The van der Waals surface area contributed by atoms with Gasteiger partial charge in [0, 0.05) is 29.5 Å². The van der Waals surface area contributed by atoms with Crippen LogP contribution in [0.3, 0.4) is 0 Å². The molecule has 0 saturated heterocycles. The van der Waals surface area contributed by atoms with Gasteiger partial charge in [-0.1, -0.05) is 19.9 Å². The first-order chi connectivity index (χ1) is 15.3. The molecule has 2 heterocycles. The first-order valence-electron chi connectivity index (χ1n) is 9.38. The normalized spacial score (nSPS) is 12.3. The minimum absolute atomic E-state index is 0.0759. The number of halogens is 6. The molecule has 2 aromatic heterocycles. The van der Waals surface area contributed by atoms with Gasteiger partial charge >= 0.3 is 12.4 Å². The molecule has 0 unspecified atom stereocenters. The van der Waals surface area contributed by atoms with Gasteiger partial charge in [-0.2, -0.15) is 26.3 Å². The summed E-state index contributed by atoms with van der Waals surface area (Å²) < 4.78 is 79.4. The monoisotopic (exact) mass is 490 g/mol. The smallest absolute Gasteiger partial charge is 0.352 e. The van der Waals surface area contributed by atoms with Crippen LogP contribution in [0.5, 0.6) is 0 Å². The number of alkyl halides is 6. The van der Waals surface area contributed by atoms with Crippen LogP contribution in [0.2, 0.25) is 0 Å². The standard InChI is InChI=1S/C20H16F6N4O2S/c1-9(2)17(32)27-7-10-3-4-12(19(21,22)23)11(5-10)16-28-13(6-15(31)30-16)18-29-14(8-33-18)20(24,25)26/h3-6,8-9H,7H2,1-2H3,(H,27,32)(H,28,30,31). The van der Waals surface area contributed by atoms with Crippen LogP contribution in [0.1, 0.15) is 30.7 Å². The van der Waals surface area contributed by atoms with E-state index < -0.39 is 40.6 Å². The van der Waals surface area contributed by atoms with Gasteiger partial charge in [-0.05, 0) is 17.7 Å². The van der Waals surface area contributed by atoms with E-state index >= 15 is 0 Å². The van der Waals surface area contributed by atoms with Crippen molar-refractivity contribution in [2.75, 3.05) is 0 Å². The maximum atomic E-state index is 13.6. The number of carbonyl (C=O) groups is 1. The molecule has 33 heavy (non-hydrogen) atoms. The van der Waals surface area contributed by atoms with Crippen LogP contribution in [0.25, 0.3) is 22.1 Å². The Morgan fingerprint density at radius 3 is 2.36 bits per heavy atom. The average molecular weight is 490 g/mol. The lowest BCUT2D eigenvalue weighted by atomic mass is 10.0. The van der Waals surface area contributed by atoms with Gasteiger partial charge in [0.15, 0.2) is 5.69 Å². The Bertz CT molecular complexity index is 1230. The second kappa shape index (κ2) is 8.96. The Morgan fingerprint density at radius 2 is 1.79 bits per heavy atom. The second-order valence-electron chi connectivity index (χ2n) is 7.27. The quantitative estimate of drug-likeness (QED) is 0.500. The summed E-state index contributed by atoms with van der Waals surface area (Å²) in [7, 11) is 0. The van der Waals surface area contributed by atoms with Gasteiger partial charge < -0.3 is 10.3 Å². The molecule has 0 radical (unpaired) electrons. The van der Waals surface area contributed by atoms with Crippen LogP contribution in [0.4, 0.5) is 26.3 Å². The lowest BCUT2D eigenvalue weighted by molar-refractivity contribution is -0.140. The molecule has 0 saturated carbocycles. The van der Waals surface area contributed by atoms with Gasteiger partial charge in [-0.15, -0.1) is 11.3 Å². The summed E-state index contributed by atoms with van der Waals surface area (Å²) in [6.07, 6.45) is -9.54. The first kappa shape index (κ1) is 24.4. The van der Waals surface area contributed by atoms with Crippen molar-refractivity contribution in [2.24, 2.45) is 5.92 Å². The van der Waals surface area contributed by atoms with Gasteiger partial charge in [0.05, 0.1) is 5.56 Å². The lowest BCUT2D eigenvalue weighted by Gasteiger charge is -2.15. The molecular formula is C20H16F6N4O2S. The fraction of sp³-hybridized carbons (Fsp3) is 0.300. The van der Waals surface area contributed by atoms with E-state index in [9.17, 15) is 35.9 Å². The Balaban J connectivity index is 2.08. The Labute approximate surface area is 186 Å². The van der Waals surface area contributed by atoms with Gasteiger partial charge in [0.2, 0.25) is 5.91 Å².